The number of ether oxygens (including phenoxy) is 6. The van der Waals surface area contributed by atoms with Crippen LogP contribution < -0.4 is 28.4 Å². The summed E-state index contributed by atoms with van der Waals surface area (Å²) in [7, 11) is -4.91. The van der Waals surface area contributed by atoms with Gasteiger partial charge in [0.15, 0.2) is 11.6 Å². The monoisotopic (exact) mass is 1560 g/mol. The minimum Gasteiger partial charge on any atom is -0.479 e. The number of carbonyl (C=O) groups excluding carboxylic acids is 8. The summed E-state index contributed by atoms with van der Waals surface area (Å²) in [6.45, 7) is 22.3. The van der Waals surface area contributed by atoms with Crippen LogP contribution in [0.15, 0.2) is 72.8 Å². The van der Waals surface area contributed by atoms with E-state index in [9.17, 15) is 55.2 Å². The average Bonchev–Trinajstić information content (AvgIpc) is 1.57. The maximum absolute atomic E-state index is 15.0. The van der Waals surface area contributed by atoms with Crippen molar-refractivity contribution in [3.63, 3.8) is 0 Å². The molecule has 4 aliphatic heterocycles. The molecule has 0 bridgehead atoms. The van der Waals surface area contributed by atoms with E-state index in [0.717, 1.165) is 25.7 Å². The molecule has 4 amide bonds. The lowest BCUT2D eigenvalue weighted by Crippen LogP contribution is -2.48. The van der Waals surface area contributed by atoms with E-state index in [1.807, 2.05) is 86.7 Å². The number of allylic oxidation sites excluding steroid dienone is 4. The number of esters is 2. The molecule has 6 fully saturated rings. The average molecular weight is 1560 g/mol. The molecule has 6 heterocycles. The van der Waals surface area contributed by atoms with Gasteiger partial charge in [0.25, 0.3) is 0 Å². The third-order valence-corrected chi connectivity index (χ3v) is 28.4. The number of rotatable bonds is 18. The van der Waals surface area contributed by atoms with Gasteiger partial charge in [-0.3, -0.25) is 47.8 Å². The number of aromatic nitrogens is 4. The first-order valence-corrected chi connectivity index (χ1v) is 42.3. The molecule has 8 aliphatic rings. The Morgan fingerprint density at radius 1 is 0.527 bits per heavy atom. The van der Waals surface area contributed by atoms with Gasteiger partial charge in [-0.05, 0) is 192 Å². The largest absolute Gasteiger partial charge is 0.479 e. The molecule has 12 rings (SSSR count). The van der Waals surface area contributed by atoms with Gasteiger partial charge in [-0.2, -0.15) is 0 Å². The van der Waals surface area contributed by atoms with Crippen molar-refractivity contribution in [2.45, 2.75) is 256 Å². The number of nitrogens with one attached hydrogen (secondary N) is 2. The van der Waals surface area contributed by atoms with Crippen molar-refractivity contribution in [1.82, 2.24) is 39.6 Å². The topological polar surface area (TPSA) is 342 Å². The standard InChI is InChI=1S/2C41H56N4O9S/c2*1-8-26-19-25(2)13-9-10-14-27-22-41(27,38(49)44-55(50,51)40(6)17-18-40)23-33(46)32-20-28(24-45(32)37(48)31(26)21-34(47)54-39(3,4)5)53-36-30-16-12-11-15-29(30)35(52-7)42-43-36/h2*10-12,14-16,25-28,31-32H,8-9,13,17-24H2,1-7H3,(H,44,49)/b2*14-10-/t25-,26+,27+,28+,31-,32-,41+;25-,26-,27-,28-,31+,32+,41-/m01/s1. The molecule has 2 aromatic heterocycles. The molecular weight excluding hydrogens is 1450 g/mol. The van der Waals surface area contributed by atoms with Crippen molar-refractivity contribution < 1.29 is 83.6 Å². The summed E-state index contributed by atoms with van der Waals surface area (Å²) in [5, 5.41) is 19.6. The molecule has 28 heteroatoms. The number of hydrogen-bond acceptors (Lipinski definition) is 22. The van der Waals surface area contributed by atoms with Crippen molar-refractivity contribution >= 4 is 88.7 Å². The lowest BCUT2D eigenvalue weighted by molar-refractivity contribution is -0.160. The second kappa shape index (κ2) is 32.5. The predicted octanol–water partition coefficient (Wildman–Crippen LogP) is 11.4. The van der Waals surface area contributed by atoms with Crippen molar-refractivity contribution in [3.8, 4) is 23.5 Å². The molecule has 0 radical (unpaired) electrons. The second-order valence-electron chi connectivity index (χ2n) is 34.9. The van der Waals surface area contributed by atoms with Crippen LogP contribution in [-0.2, 0) is 67.9 Å². The van der Waals surface area contributed by atoms with Crippen molar-refractivity contribution in [3.05, 3.63) is 72.8 Å². The number of ketones is 2. The second-order valence-corrected chi connectivity index (χ2v) is 39.3. The molecule has 4 saturated carbocycles. The van der Waals surface area contributed by atoms with E-state index in [0.29, 0.717) is 97.5 Å². The number of nitrogens with zero attached hydrogens (tertiary/aromatic N) is 6. The fourth-order valence-corrected chi connectivity index (χ4v) is 19.4. The highest BCUT2D eigenvalue weighted by Crippen LogP contribution is 2.59. The molecule has 600 valence electrons. The van der Waals surface area contributed by atoms with E-state index in [2.05, 4.69) is 43.7 Å². The number of amides is 4. The Balaban J connectivity index is 0.000000218. The molecule has 4 aliphatic carbocycles. The highest BCUT2D eigenvalue weighted by atomic mass is 32.2. The van der Waals surface area contributed by atoms with Gasteiger partial charge < -0.3 is 38.2 Å². The third-order valence-electron chi connectivity index (χ3n) is 24.1. The van der Waals surface area contributed by atoms with Crippen LogP contribution in [0, 0.1) is 58.2 Å². The first-order chi connectivity index (χ1) is 51.8. The van der Waals surface area contributed by atoms with E-state index in [1.165, 1.54) is 24.0 Å². The van der Waals surface area contributed by atoms with Gasteiger partial charge >= 0.3 is 11.9 Å². The zero-order valence-electron chi connectivity index (χ0n) is 66.3. The predicted molar refractivity (Wildman–Crippen MR) is 411 cm³/mol. The number of methoxy groups -OCH3 is 2. The number of hydrogen-bond donors (Lipinski definition) is 2. The highest BCUT2D eigenvalue weighted by Gasteiger charge is 2.65. The molecule has 2 aromatic carbocycles. The smallest absolute Gasteiger partial charge is 0.307 e. The Morgan fingerprint density at radius 2 is 0.864 bits per heavy atom. The number of benzene rings is 2. The first-order valence-electron chi connectivity index (χ1n) is 39.3. The number of sulfonamides is 2. The third kappa shape index (κ3) is 18.5. The van der Waals surface area contributed by atoms with E-state index >= 15 is 0 Å². The molecule has 0 unspecified atom stereocenters. The lowest BCUT2D eigenvalue weighted by atomic mass is 9.79. The van der Waals surface area contributed by atoms with Gasteiger partial charge in [0, 0.05) is 25.7 Å². The summed E-state index contributed by atoms with van der Waals surface area (Å²) < 4.78 is 90.8. The number of fused-ring (bicyclic) bond motifs is 6. The van der Waals surface area contributed by atoms with Crippen LogP contribution in [0.4, 0.5) is 0 Å². The first kappa shape index (κ1) is 82.8. The zero-order chi connectivity index (χ0) is 79.8. The molecule has 26 nitrogen and oxygen atoms in total. The van der Waals surface area contributed by atoms with E-state index in [-0.39, 0.29) is 122 Å². The van der Waals surface area contributed by atoms with Crippen molar-refractivity contribution in [2.24, 2.45) is 58.2 Å². The molecule has 2 saturated heterocycles. The van der Waals surface area contributed by atoms with Crippen LogP contribution in [0.3, 0.4) is 0 Å². The molecule has 2 N–H and O–H groups in total. The Morgan fingerprint density at radius 3 is 1.18 bits per heavy atom. The minimum atomic E-state index is -3.96. The van der Waals surface area contributed by atoms with Crippen molar-refractivity contribution in [2.75, 3.05) is 27.3 Å². The fraction of sp³-hybridized carbons (Fsp3) is 0.659. The SMILES string of the molecule is CC[C@@H]1C[C@@H](C)CC/C=C\[C@@H]2C[C@@]2(C(=O)NS(=O)(=O)C2(C)CC2)CC(=O)[C@@H]2C[C@@H](Oc3nnc(OC)c4ccccc34)CN2C(=O)[C@H]1CC(=O)OC(C)(C)C.CC[C@@H]1C[C@H](C)CC/C=C\[C@@H]2C[C@@]2(C(=O)NS(=O)(=O)C2(C)CC2)CC(=O)[C@@H]2C[C@@H](Oc3nnc(OC)c4ccccc34)CN2C(=O)[C@H]1CC(=O)OC(C)(C)C. The van der Waals surface area contributed by atoms with Gasteiger partial charge in [0.2, 0.25) is 67.2 Å². The molecule has 110 heavy (non-hydrogen) atoms. The summed E-state index contributed by atoms with van der Waals surface area (Å²) in [6, 6.07) is 12.7. The Bertz CT molecular complexity index is 4190. The quantitative estimate of drug-likeness (QED) is 0.0690. The van der Waals surface area contributed by atoms with Gasteiger partial charge in [-0.15, -0.1) is 20.4 Å². The summed E-state index contributed by atoms with van der Waals surface area (Å²) in [4.78, 5) is 117. The van der Waals surface area contributed by atoms with Crippen LogP contribution >= 0.6 is 0 Å². The number of carbonyl (C=O) groups is 8. The summed E-state index contributed by atoms with van der Waals surface area (Å²) in [5.41, 5.74) is -4.06. The Labute approximate surface area is 646 Å². The maximum Gasteiger partial charge on any atom is 0.307 e. The summed E-state index contributed by atoms with van der Waals surface area (Å²) in [6.07, 6.45) is 14.2. The number of Topliss-reactive ketones (excluding diaryl/α,β-unsaturated/α-hetero) is 2. The van der Waals surface area contributed by atoms with E-state index in [4.69, 9.17) is 28.4 Å². The van der Waals surface area contributed by atoms with E-state index < -0.39 is 111 Å². The Hall–Kier alpha value is -8.14. The highest BCUT2D eigenvalue weighted by molar-refractivity contribution is 7.92. The van der Waals surface area contributed by atoms with Gasteiger partial charge in [-0.1, -0.05) is 89.1 Å². The Kier molecular flexibility index (Phi) is 24.5. The van der Waals surface area contributed by atoms with Gasteiger partial charge in [0.1, 0.15) is 23.4 Å². The summed E-state index contributed by atoms with van der Waals surface area (Å²) >= 11 is 0. The van der Waals surface area contributed by atoms with Crippen molar-refractivity contribution in [1.29, 1.82) is 0 Å². The normalized spacial score (nSPS) is 30.3. The zero-order valence-corrected chi connectivity index (χ0v) is 67.9. The molecule has 4 aromatic rings. The molecule has 0 spiro atoms. The van der Waals surface area contributed by atoms with Crippen LogP contribution in [0.2, 0.25) is 0 Å². The fourth-order valence-electron chi connectivity index (χ4n) is 16.7. The summed E-state index contributed by atoms with van der Waals surface area (Å²) in [5.74, 6) is -4.80. The van der Waals surface area contributed by atoms with E-state index in [1.54, 1.807) is 55.4 Å². The van der Waals surface area contributed by atoms with Crippen LogP contribution in [0.5, 0.6) is 23.5 Å². The molecule has 14 atom stereocenters. The minimum absolute atomic E-state index is 0.0311. The van der Waals surface area contributed by atoms with Gasteiger partial charge in [0.05, 0.1) is 106 Å². The van der Waals surface area contributed by atoms with Crippen LogP contribution in [0.25, 0.3) is 21.5 Å². The lowest BCUT2D eigenvalue weighted by Gasteiger charge is -2.33. The van der Waals surface area contributed by atoms with Gasteiger partial charge in [-0.25, -0.2) is 16.8 Å². The van der Waals surface area contributed by atoms with Crippen LogP contribution in [0.1, 0.15) is 212 Å². The van der Waals surface area contributed by atoms with Crippen LogP contribution in [-0.4, -0.2) is 166 Å². The molecular formula is C82H112N8O18S2. The maximum atomic E-state index is 15.0.